The van der Waals surface area contributed by atoms with Gasteiger partial charge in [0.2, 0.25) is 11.8 Å². The SMILES string of the molecule is COc1ccc(NC(=O)[C@@H]2CNCC(=O)N2)c(C)c1. The monoisotopic (exact) mass is 263 g/mol. The van der Waals surface area contributed by atoms with Crippen molar-refractivity contribution >= 4 is 17.5 Å². The van der Waals surface area contributed by atoms with Gasteiger partial charge in [0.05, 0.1) is 13.7 Å². The van der Waals surface area contributed by atoms with Gasteiger partial charge in [-0.1, -0.05) is 0 Å². The van der Waals surface area contributed by atoms with Crippen LogP contribution in [0.4, 0.5) is 5.69 Å². The largest absolute Gasteiger partial charge is 0.497 e. The van der Waals surface area contributed by atoms with Gasteiger partial charge in [-0.3, -0.25) is 9.59 Å². The van der Waals surface area contributed by atoms with Crippen molar-refractivity contribution < 1.29 is 14.3 Å². The number of hydrogen-bond donors (Lipinski definition) is 3. The lowest BCUT2D eigenvalue weighted by atomic mass is 10.1. The highest BCUT2D eigenvalue weighted by molar-refractivity contribution is 5.98. The molecule has 1 aromatic carbocycles. The van der Waals surface area contributed by atoms with Crippen molar-refractivity contribution in [3.63, 3.8) is 0 Å². The van der Waals surface area contributed by atoms with E-state index in [1.54, 1.807) is 19.2 Å². The van der Waals surface area contributed by atoms with Gasteiger partial charge < -0.3 is 20.7 Å². The van der Waals surface area contributed by atoms with Crippen molar-refractivity contribution in [1.82, 2.24) is 10.6 Å². The number of benzene rings is 1. The van der Waals surface area contributed by atoms with Gasteiger partial charge in [-0.15, -0.1) is 0 Å². The van der Waals surface area contributed by atoms with Crippen LogP contribution in [0.2, 0.25) is 0 Å². The quantitative estimate of drug-likeness (QED) is 0.719. The molecule has 0 unspecified atom stereocenters. The molecule has 19 heavy (non-hydrogen) atoms. The normalized spacial score (nSPS) is 18.6. The Morgan fingerprint density at radius 3 is 2.89 bits per heavy atom. The summed E-state index contributed by atoms with van der Waals surface area (Å²) in [5, 5.41) is 8.33. The van der Waals surface area contributed by atoms with Crippen molar-refractivity contribution in [3.05, 3.63) is 23.8 Å². The van der Waals surface area contributed by atoms with E-state index in [2.05, 4.69) is 16.0 Å². The zero-order chi connectivity index (χ0) is 13.8. The minimum absolute atomic E-state index is 0.169. The molecule has 1 atom stereocenters. The van der Waals surface area contributed by atoms with E-state index in [9.17, 15) is 9.59 Å². The molecule has 0 bridgehead atoms. The molecule has 6 nitrogen and oxygen atoms in total. The average molecular weight is 263 g/mol. The molecule has 1 saturated heterocycles. The second-order valence-corrected chi connectivity index (χ2v) is 4.42. The predicted molar refractivity (Wildman–Crippen MR) is 71.2 cm³/mol. The number of anilines is 1. The van der Waals surface area contributed by atoms with Crippen molar-refractivity contribution in [2.45, 2.75) is 13.0 Å². The van der Waals surface area contributed by atoms with Crippen LogP contribution in [0, 0.1) is 6.92 Å². The van der Waals surface area contributed by atoms with Crippen LogP contribution in [0.1, 0.15) is 5.56 Å². The fourth-order valence-corrected chi connectivity index (χ4v) is 1.91. The van der Waals surface area contributed by atoms with Crippen molar-refractivity contribution in [2.24, 2.45) is 0 Å². The third-order valence-electron chi connectivity index (χ3n) is 2.98. The average Bonchev–Trinajstić information content (AvgIpc) is 2.41. The molecular weight excluding hydrogens is 246 g/mol. The third-order valence-corrected chi connectivity index (χ3v) is 2.98. The first-order chi connectivity index (χ1) is 9.10. The summed E-state index contributed by atoms with van der Waals surface area (Å²) in [5.41, 5.74) is 1.62. The lowest BCUT2D eigenvalue weighted by molar-refractivity contribution is -0.127. The van der Waals surface area contributed by atoms with E-state index in [-0.39, 0.29) is 18.4 Å². The van der Waals surface area contributed by atoms with Crippen LogP contribution in [-0.4, -0.2) is 38.1 Å². The summed E-state index contributed by atoms with van der Waals surface area (Å²) in [6.45, 7) is 2.58. The van der Waals surface area contributed by atoms with Crippen LogP contribution >= 0.6 is 0 Å². The molecular formula is C13H17N3O3. The van der Waals surface area contributed by atoms with Gasteiger partial charge in [0.1, 0.15) is 11.8 Å². The highest BCUT2D eigenvalue weighted by Crippen LogP contribution is 2.21. The molecule has 1 aliphatic heterocycles. The molecule has 0 aromatic heterocycles. The molecule has 1 aliphatic rings. The number of carbonyl (C=O) groups is 2. The van der Waals surface area contributed by atoms with E-state index < -0.39 is 6.04 Å². The maximum Gasteiger partial charge on any atom is 0.248 e. The number of methoxy groups -OCH3 is 1. The van der Waals surface area contributed by atoms with Crippen LogP contribution in [0.5, 0.6) is 5.75 Å². The second kappa shape index (κ2) is 5.71. The Hall–Kier alpha value is -2.08. The highest BCUT2D eigenvalue weighted by atomic mass is 16.5. The van der Waals surface area contributed by atoms with E-state index in [0.29, 0.717) is 12.2 Å². The summed E-state index contributed by atoms with van der Waals surface area (Å²) < 4.78 is 5.11. The number of rotatable bonds is 3. The van der Waals surface area contributed by atoms with Gasteiger partial charge >= 0.3 is 0 Å². The van der Waals surface area contributed by atoms with Gasteiger partial charge in [0.25, 0.3) is 0 Å². The molecule has 102 valence electrons. The minimum atomic E-state index is -0.539. The number of hydrogen-bond acceptors (Lipinski definition) is 4. The van der Waals surface area contributed by atoms with Crippen molar-refractivity contribution in [1.29, 1.82) is 0 Å². The maximum absolute atomic E-state index is 12.0. The molecule has 2 rings (SSSR count). The molecule has 1 aromatic rings. The number of piperazine rings is 1. The van der Waals surface area contributed by atoms with Crippen LogP contribution < -0.4 is 20.7 Å². The van der Waals surface area contributed by atoms with Gasteiger partial charge in [0, 0.05) is 12.2 Å². The lowest BCUT2D eigenvalue weighted by Gasteiger charge is -2.23. The van der Waals surface area contributed by atoms with E-state index in [1.165, 1.54) is 0 Å². The smallest absolute Gasteiger partial charge is 0.248 e. The Morgan fingerprint density at radius 1 is 1.47 bits per heavy atom. The molecule has 6 heteroatoms. The third kappa shape index (κ3) is 3.23. The van der Waals surface area contributed by atoms with Crippen LogP contribution in [-0.2, 0) is 9.59 Å². The Balaban J connectivity index is 2.04. The number of amides is 2. The number of aryl methyl sites for hydroxylation is 1. The van der Waals surface area contributed by atoms with Gasteiger partial charge in [-0.05, 0) is 30.7 Å². The topological polar surface area (TPSA) is 79.5 Å². The fourth-order valence-electron chi connectivity index (χ4n) is 1.91. The minimum Gasteiger partial charge on any atom is -0.497 e. The summed E-state index contributed by atoms with van der Waals surface area (Å²) in [6, 6.07) is 4.86. The first-order valence-corrected chi connectivity index (χ1v) is 6.05. The van der Waals surface area contributed by atoms with E-state index in [1.807, 2.05) is 13.0 Å². The number of ether oxygens (including phenoxy) is 1. The van der Waals surface area contributed by atoms with E-state index in [4.69, 9.17) is 4.74 Å². The Labute approximate surface area is 111 Å². The first kappa shape index (κ1) is 13.4. The van der Waals surface area contributed by atoms with Crippen LogP contribution in [0.25, 0.3) is 0 Å². The maximum atomic E-state index is 12.0. The Bertz CT molecular complexity index is 502. The second-order valence-electron chi connectivity index (χ2n) is 4.42. The van der Waals surface area contributed by atoms with Crippen LogP contribution in [0.15, 0.2) is 18.2 Å². The molecule has 0 radical (unpaired) electrons. The molecule has 0 saturated carbocycles. The fraction of sp³-hybridized carbons (Fsp3) is 0.385. The standard InChI is InChI=1S/C13H17N3O3/c1-8-5-9(19-2)3-4-10(8)16-13(18)11-6-14-7-12(17)15-11/h3-5,11,14H,6-7H2,1-2H3,(H,15,17)(H,16,18)/t11-/m0/s1. The van der Waals surface area contributed by atoms with E-state index >= 15 is 0 Å². The number of nitrogens with one attached hydrogen (secondary N) is 3. The molecule has 1 fully saturated rings. The Kier molecular flexibility index (Phi) is 4.01. The summed E-state index contributed by atoms with van der Waals surface area (Å²) in [5.74, 6) is 0.342. The summed E-state index contributed by atoms with van der Waals surface area (Å²) in [4.78, 5) is 23.2. The summed E-state index contributed by atoms with van der Waals surface area (Å²) in [6.07, 6.45) is 0. The first-order valence-electron chi connectivity index (χ1n) is 6.05. The Morgan fingerprint density at radius 2 is 2.26 bits per heavy atom. The van der Waals surface area contributed by atoms with Gasteiger partial charge in [-0.2, -0.15) is 0 Å². The van der Waals surface area contributed by atoms with Gasteiger partial charge in [-0.25, -0.2) is 0 Å². The summed E-state index contributed by atoms with van der Waals surface area (Å²) >= 11 is 0. The molecule has 0 aliphatic carbocycles. The predicted octanol–water partition coefficient (Wildman–Crippen LogP) is 0.0301. The molecule has 2 amide bonds. The number of carbonyl (C=O) groups excluding carboxylic acids is 2. The molecule has 0 spiro atoms. The highest BCUT2D eigenvalue weighted by Gasteiger charge is 2.24. The van der Waals surface area contributed by atoms with Gasteiger partial charge in [0.15, 0.2) is 0 Å². The zero-order valence-electron chi connectivity index (χ0n) is 10.9. The lowest BCUT2D eigenvalue weighted by Crippen LogP contribution is -2.57. The zero-order valence-corrected chi connectivity index (χ0v) is 10.9. The molecule has 1 heterocycles. The van der Waals surface area contributed by atoms with E-state index in [0.717, 1.165) is 11.3 Å². The van der Waals surface area contributed by atoms with Crippen molar-refractivity contribution in [3.8, 4) is 5.75 Å². The molecule has 3 N–H and O–H groups in total. The summed E-state index contributed by atoms with van der Waals surface area (Å²) in [7, 11) is 1.59. The van der Waals surface area contributed by atoms with Crippen LogP contribution in [0.3, 0.4) is 0 Å². The van der Waals surface area contributed by atoms with Crippen molar-refractivity contribution in [2.75, 3.05) is 25.5 Å².